The fourth-order valence-electron chi connectivity index (χ4n) is 3.10. The second kappa shape index (κ2) is 6.25. The van der Waals surface area contributed by atoms with Crippen molar-refractivity contribution < 1.29 is 0 Å². The zero-order valence-corrected chi connectivity index (χ0v) is 13.8. The third-order valence-corrected chi connectivity index (χ3v) is 4.27. The van der Waals surface area contributed by atoms with Crippen LogP contribution in [-0.2, 0) is 6.54 Å². The Kier molecular flexibility index (Phi) is 4.16. The van der Waals surface area contributed by atoms with Crippen molar-refractivity contribution in [2.75, 3.05) is 0 Å². The molecule has 118 valence electrons. The highest BCUT2D eigenvalue weighted by Crippen LogP contribution is 2.38. The van der Waals surface area contributed by atoms with Crippen molar-refractivity contribution in [1.82, 2.24) is 14.8 Å². The first-order valence-corrected chi connectivity index (χ1v) is 7.95. The molecule has 1 aromatic carbocycles. The average molecular weight is 307 g/mol. The lowest BCUT2D eigenvalue weighted by atomic mass is 10.00. The molecule has 2 unspecified atom stereocenters. The van der Waals surface area contributed by atoms with Gasteiger partial charge in [-0.3, -0.25) is 9.69 Å². The van der Waals surface area contributed by atoms with E-state index in [9.17, 15) is 5.26 Å². The lowest BCUT2D eigenvalue weighted by Gasteiger charge is -2.28. The molecule has 0 fully saturated rings. The van der Waals surface area contributed by atoms with Gasteiger partial charge in [0.05, 0.1) is 17.8 Å². The van der Waals surface area contributed by atoms with E-state index in [0.717, 1.165) is 29.9 Å². The normalized spacial score (nSPS) is 18.6. The predicted octanol–water partition coefficient (Wildman–Crippen LogP) is 3.60. The summed E-state index contributed by atoms with van der Waals surface area (Å²) < 4.78 is 1.87. The van der Waals surface area contributed by atoms with Crippen LogP contribution in [0.3, 0.4) is 0 Å². The highest BCUT2D eigenvalue weighted by molar-refractivity contribution is 5.84. The number of aromatic nitrogens is 2. The monoisotopic (exact) mass is 307 g/mol. The zero-order valence-electron chi connectivity index (χ0n) is 13.8. The van der Waals surface area contributed by atoms with Crippen molar-refractivity contribution in [3.8, 4) is 6.07 Å². The Hall–Kier alpha value is -2.61. The highest BCUT2D eigenvalue weighted by Gasteiger charge is 2.34. The number of nitrogens with zero attached hydrogens (tertiary/aromatic N) is 5. The molecule has 1 aromatic heterocycles. The molecule has 2 atom stereocenters. The van der Waals surface area contributed by atoms with Crippen LogP contribution in [0.1, 0.15) is 49.2 Å². The number of hydrogen-bond donors (Lipinski definition) is 0. The standard InChI is InChI=1S/C18H21N5/c1-4-22-12-16(14(3)21-22)18(11-19)23-17(10-13(2)20-23)15-8-6-5-7-9-15/h5-9,12,17-18H,4,10H2,1-3H3. The molecule has 0 spiro atoms. The van der Waals surface area contributed by atoms with Crippen LogP contribution in [-0.4, -0.2) is 20.5 Å². The zero-order chi connectivity index (χ0) is 16.4. The Balaban J connectivity index is 1.98. The van der Waals surface area contributed by atoms with Crippen molar-refractivity contribution >= 4 is 5.71 Å². The van der Waals surface area contributed by atoms with Crippen molar-refractivity contribution in [1.29, 1.82) is 5.26 Å². The summed E-state index contributed by atoms with van der Waals surface area (Å²) in [4.78, 5) is 0. The van der Waals surface area contributed by atoms with Crippen LogP contribution in [0.15, 0.2) is 41.6 Å². The van der Waals surface area contributed by atoms with Gasteiger partial charge >= 0.3 is 0 Å². The summed E-state index contributed by atoms with van der Waals surface area (Å²) in [6.07, 6.45) is 2.82. The third kappa shape index (κ3) is 2.85. The minimum atomic E-state index is -0.419. The molecule has 5 heteroatoms. The van der Waals surface area contributed by atoms with Gasteiger partial charge in [0.15, 0.2) is 6.04 Å². The van der Waals surface area contributed by atoms with Crippen LogP contribution < -0.4 is 0 Å². The topological polar surface area (TPSA) is 57.2 Å². The fourth-order valence-corrected chi connectivity index (χ4v) is 3.10. The molecular formula is C18H21N5. The van der Waals surface area contributed by atoms with E-state index in [1.165, 1.54) is 5.56 Å². The van der Waals surface area contributed by atoms with Crippen LogP contribution in [0.25, 0.3) is 0 Å². The SMILES string of the molecule is CCn1cc(C(C#N)N2N=C(C)CC2c2ccccc2)c(C)n1. The van der Waals surface area contributed by atoms with Crippen molar-refractivity contribution in [3.63, 3.8) is 0 Å². The summed E-state index contributed by atoms with van der Waals surface area (Å²) in [6.45, 7) is 6.81. The Labute approximate surface area is 136 Å². The molecule has 0 saturated heterocycles. The molecule has 2 aromatic rings. The summed E-state index contributed by atoms with van der Waals surface area (Å²) in [7, 11) is 0. The van der Waals surface area contributed by atoms with Gasteiger partial charge in [0.1, 0.15) is 0 Å². The first kappa shape index (κ1) is 15.3. The molecule has 0 aliphatic carbocycles. The lowest BCUT2D eigenvalue weighted by Crippen LogP contribution is -2.24. The molecule has 0 saturated carbocycles. The number of aryl methyl sites for hydroxylation is 2. The number of hydrogen-bond acceptors (Lipinski definition) is 4. The molecule has 1 aliphatic heterocycles. The molecule has 3 rings (SSSR count). The van der Waals surface area contributed by atoms with Crippen molar-refractivity contribution in [2.24, 2.45) is 5.10 Å². The maximum atomic E-state index is 9.80. The maximum Gasteiger partial charge on any atom is 0.162 e. The van der Waals surface area contributed by atoms with Crippen LogP contribution >= 0.6 is 0 Å². The first-order chi connectivity index (χ1) is 11.1. The van der Waals surface area contributed by atoms with Gasteiger partial charge < -0.3 is 0 Å². The predicted molar refractivity (Wildman–Crippen MR) is 89.7 cm³/mol. The summed E-state index contributed by atoms with van der Waals surface area (Å²) in [6, 6.07) is 12.4. The van der Waals surface area contributed by atoms with Gasteiger partial charge in [-0.25, -0.2) is 0 Å². The smallest absolute Gasteiger partial charge is 0.162 e. The molecule has 2 heterocycles. The van der Waals surface area contributed by atoms with Gasteiger partial charge in [-0.05, 0) is 26.3 Å². The van der Waals surface area contributed by atoms with Crippen molar-refractivity contribution in [3.05, 3.63) is 53.3 Å². The van der Waals surface area contributed by atoms with E-state index >= 15 is 0 Å². The largest absolute Gasteiger partial charge is 0.272 e. The van der Waals surface area contributed by atoms with Gasteiger partial charge in [0, 0.05) is 30.4 Å². The number of nitriles is 1. The molecule has 0 radical (unpaired) electrons. The summed E-state index contributed by atoms with van der Waals surface area (Å²) in [5, 5.41) is 20.9. The number of rotatable bonds is 4. The van der Waals surface area contributed by atoms with Gasteiger partial charge in [-0.1, -0.05) is 30.3 Å². The van der Waals surface area contributed by atoms with E-state index in [0.29, 0.717) is 0 Å². The van der Waals surface area contributed by atoms with Crippen LogP contribution in [0.4, 0.5) is 0 Å². The third-order valence-electron chi connectivity index (χ3n) is 4.27. The molecule has 0 N–H and O–H groups in total. The molecule has 0 amide bonds. The maximum absolute atomic E-state index is 9.80. The fraction of sp³-hybridized carbons (Fsp3) is 0.389. The average Bonchev–Trinajstić information content (AvgIpc) is 3.13. The number of hydrazone groups is 1. The minimum Gasteiger partial charge on any atom is -0.272 e. The van der Waals surface area contributed by atoms with E-state index in [2.05, 4.69) is 28.4 Å². The molecule has 0 bridgehead atoms. The van der Waals surface area contributed by atoms with Crippen LogP contribution in [0.2, 0.25) is 0 Å². The van der Waals surface area contributed by atoms with E-state index in [4.69, 9.17) is 0 Å². The summed E-state index contributed by atoms with van der Waals surface area (Å²) in [5.74, 6) is 0. The van der Waals surface area contributed by atoms with Gasteiger partial charge in [-0.2, -0.15) is 15.5 Å². The number of benzene rings is 1. The lowest BCUT2D eigenvalue weighted by molar-refractivity contribution is 0.196. The molecule has 23 heavy (non-hydrogen) atoms. The van der Waals surface area contributed by atoms with E-state index in [1.807, 2.05) is 54.9 Å². The highest BCUT2D eigenvalue weighted by atomic mass is 15.5. The Morgan fingerprint density at radius 2 is 2.04 bits per heavy atom. The quantitative estimate of drug-likeness (QED) is 0.867. The Morgan fingerprint density at radius 1 is 1.30 bits per heavy atom. The molecular weight excluding hydrogens is 286 g/mol. The van der Waals surface area contributed by atoms with Gasteiger partial charge in [0.2, 0.25) is 0 Å². The first-order valence-electron chi connectivity index (χ1n) is 7.95. The van der Waals surface area contributed by atoms with Crippen LogP contribution in [0.5, 0.6) is 0 Å². The van der Waals surface area contributed by atoms with E-state index < -0.39 is 6.04 Å². The van der Waals surface area contributed by atoms with Crippen LogP contribution in [0, 0.1) is 18.3 Å². The molecule has 5 nitrogen and oxygen atoms in total. The van der Waals surface area contributed by atoms with Gasteiger partial charge in [0.25, 0.3) is 0 Å². The Morgan fingerprint density at radius 3 is 2.65 bits per heavy atom. The van der Waals surface area contributed by atoms with E-state index in [-0.39, 0.29) is 6.04 Å². The summed E-state index contributed by atoms with van der Waals surface area (Å²) >= 11 is 0. The summed E-state index contributed by atoms with van der Waals surface area (Å²) in [5.41, 5.74) is 4.08. The van der Waals surface area contributed by atoms with Crippen molar-refractivity contribution in [2.45, 2.75) is 45.8 Å². The second-order valence-electron chi connectivity index (χ2n) is 5.90. The second-order valence-corrected chi connectivity index (χ2v) is 5.90. The minimum absolute atomic E-state index is 0.102. The Bertz CT molecular complexity index is 753. The van der Waals surface area contributed by atoms with Gasteiger partial charge in [-0.15, -0.1) is 0 Å². The molecule has 1 aliphatic rings. The van der Waals surface area contributed by atoms with E-state index in [1.54, 1.807) is 0 Å².